The number of amides is 1. The van der Waals surface area contributed by atoms with Crippen molar-refractivity contribution < 1.29 is 9.72 Å². The fourth-order valence-corrected chi connectivity index (χ4v) is 2.99. The molecule has 1 fully saturated rings. The van der Waals surface area contributed by atoms with Crippen molar-refractivity contribution in [3.05, 3.63) is 38.3 Å². The lowest BCUT2D eigenvalue weighted by Gasteiger charge is -2.22. The van der Waals surface area contributed by atoms with E-state index in [2.05, 4.69) is 21.2 Å². The van der Waals surface area contributed by atoms with Crippen molar-refractivity contribution in [1.29, 1.82) is 0 Å². The first kappa shape index (κ1) is 15.9. The molecule has 2 rings (SSSR count). The Morgan fingerprint density at radius 1 is 1.33 bits per heavy atom. The van der Waals surface area contributed by atoms with Crippen molar-refractivity contribution in [1.82, 2.24) is 5.32 Å². The van der Waals surface area contributed by atoms with Crippen molar-refractivity contribution in [2.75, 3.05) is 0 Å². The summed E-state index contributed by atoms with van der Waals surface area (Å²) in [5, 5.41) is 13.7. The SMILES string of the molecule is NC1CCCCCC1NC(=O)c1cc([N+](=O)[O-])ccc1Br. The van der Waals surface area contributed by atoms with E-state index in [9.17, 15) is 14.9 Å². The van der Waals surface area contributed by atoms with E-state index in [1.165, 1.54) is 18.2 Å². The van der Waals surface area contributed by atoms with E-state index in [1.807, 2.05) is 0 Å². The summed E-state index contributed by atoms with van der Waals surface area (Å²) in [7, 11) is 0. The van der Waals surface area contributed by atoms with Gasteiger partial charge in [0.25, 0.3) is 11.6 Å². The number of nitrogens with zero attached hydrogens (tertiary/aromatic N) is 1. The first-order chi connectivity index (χ1) is 9.99. The third kappa shape index (κ3) is 4.01. The van der Waals surface area contributed by atoms with Crippen LogP contribution in [0.25, 0.3) is 0 Å². The highest BCUT2D eigenvalue weighted by Gasteiger charge is 2.24. The Kier molecular flexibility index (Phi) is 5.30. The van der Waals surface area contributed by atoms with Crippen LogP contribution in [0.1, 0.15) is 42.5 Å². The number of hydrogen-bond acceptors (Lipinski definition) is 4. The first-order valence-corrected chi connectivity index (χ1v) is 7.78. The van der Waals surface area contributed by atoms with Gasteiger partial charge in [0.05, 0.1) is 10.5 Å². The molecule has 2 atom stereocenters. The number of non-ortho nitro benzene ring substituents is 1. The molecule has 0 saturated heterocycles. The van der Waals surface area contributed by atoms with Gasteiger partial charge in [-0.05, 0) is 34.8 Å². The van der Waals surface area contributed by atoms with E-state index < -0.39 is 4.92 Å². The summed E-state index contributed by atoms with van der Waals surface area (Å²) in [6.45, 7) is 0. The normalized spacial score (nSPS) is 22.4. The van der Waals surface area contributed by atoms with Crippen LogP contribution in [0.3, 0.4) is 0 Å². The van der Waals surface area contributed by atoms with Gasteiger partial charge in [0.2, 0.25) is 0 Å². The fourth-order valence-electron chi connectivity index (χ4n) is 2.56. The van der Waals surface area contributed by atoms with Gasteiger partial charge in [-0.1, -0.05) is 19.3 Å². The second-order valence-electron chi connectivity index (χ2n) is 5.30. The van der Waals surface area contributed by atoms with Crippen LogP contribution in [0.15, 0.2) is 22.7 Å². The van der Waals surface area contributed by atoms with Gasteiger partial charge in [-0.25, -0.2) is 0 Å². The third-order valence-electron chi connectivity index (χ3n) is 3.79. The number of nitro benzene ring substituents is 1. The number of carbonyl (C=O) groups is 1. The summed E-state index contributed by atoms with van der Waals surface area (Å²) in [6.07, 6.45) is 4.98. The molecule has 2 unspecified atom stereocenters. The zero-order valence-electron chi connectivity index (χ0n) is 11.5. The molecule has 1 saturated carbocycles. The molecule has 7 heteroatoms. The molecular weight excluding hydrogens is 338 g/mol. The summed E-state index contributed by atoms with van der Waals surface area (Å²) < 4.78 is 0.535. The topological polar surface area (TPSA) is 98.3 Å². The summed E-state index contributed by atoms with van der Waals surface area (Å²) in [6, 6.07) is 4.01. The predicted octanol–water partition coefficient (Wildman–Crippen LogP) is 2.75. The standard InChI is InChI=1S/C14H18BrN3O3/c15-11-7-6-9(18(20)21)8-10(11)14(19)17-13-5-3-1-2-4-12(13)16/h6-8,12-13H,1-5,16H2,(H,17,19). The highest BCUT2D eigenvalue weighted by molar-refractivity contribution is 9.10. The van der Waals surface area contributed by atoms with Gasteiger partial charge < -0.3 is 11.1 Å². The van der Waals surface area contributed by atoms with Crippen LogP contribution in [0.4, 0.5) is 5.69 Å². The minimum absolute atomic E-state index is 0.0612. The first-order valence-electron chi connectivity index (χ1n) is 6.99. The minimum Gasteiger partial charge on any atom is -0.348 e. The molecule has 0 radical (unpaired) electrons. The Morgan fingerprint density at radius 3 is 2.76 bits per heavy atom. The quantitative estimate of drug-likeness (QED) is 0.494. The van der Waals surface area contributed by atoms with Crippen molar-refractivity contribution in [3.8, 4) is 0 Å². The van der Waals surface area contributed by atoms with Crippen LogP contribution in [0.5, 0.6) is 0 Å². The second kappa shape index (κ2) is 7.00. The fraction of sp³-hybridized carbons (Fsp3) is 0.500. The molecule has 1 aliphatic rings. The van der Waals surface area contributed by atoms with E-state index in [1.54, 1.807) is 0 Å². The van der Waals surface area contributed by atoms with Crippen LogP contribution in [0, 0.1) is 10.1 Å². The average molecular weight is 356 g/mol. The molecule has 0 bridgehead atoms. The summed E-state index contributed by atoms with van der Waals surface area (Å²) >= 11 is 3.26. The van der Waals surface area contributed by atoms with Crippen LogP contribution in [-0.2, 0) is 0 Å². The second-order valence-corrected chi connectivity index (χ2v) is 6.16. The largest absolute Gasteiger partial charge is 0.348 e. The number of nitro groups is 1. The highest BCUT2D eigenvalue weighted by atomic mass is 79.9. The summed E-state index contributed by atoms with van der Waals surface area (Å²) in [5.41, 5.74) is 6.25. The molecule has 1 aromatic carbocycles. The van der Waals surface area contributed by atoms with Gasteiger partial charge in [-0.2, -0.15) is 0 Å². The van der Waals surface area contributed by atoms with Gasteiger partial charge in [-0.3, -0.25) is 14.9 Å². The maximum atomic E-state index is 12.3. The summed E-state index contributed by atoms with van der Waals surface area (Å²) in [4.78, 5) is 22.6. The Labute approximate surface area is 131 Å². The van der Waals surface area contributed by atoms with Crippen LogP contribution in [0.2, 0.25) is 0 Å². The molecule has 1 aliphatic carbocycles. The van der Waals surface area contributed by atoms with Gasteiger partial charge in [0.1, 0.15) is 0 Å². The molecule has 0 aliphatic heterocycles. The zero-order chi connectivity index (χ0) is 15.4. The number of halogens is 1. The molecule has 0 spiro atoms. The Morgan fingerprint density at radius 2 is 2.05 bits per heavy atom. The molecule has 114 valence electrons. The number of rotatable bonds is 3. The number of nitrogens with two attached hydrogens (primary N) is 1. The molecule has 21 heavy (non-hydrogen) atoms. The molecule has 0 aromatic heterocycles. The van der Waals surface area contributed by atoms with Crippen molar-refractivity contribution >= 4 is 27.5 Å². The highest BCUT2D eigenvalue weighted by Crippen LogP contribution is 2.23. The Balaban J connectivity index is 2.15. The summed E-state index contributed by atoms with van der Waals surface area (Å²) in [5.74, 6) is -0.326. The average Bonchev–Trinajstić information content (AvgIpc) is 2.64. The van der Waals surface area contributed by atoms with Gasteiger partial charge in [0.15, 0.2) is 0 Å². The van der Waals surface area contributed by atoms with Gasteiger partial charge >= 0.3 is 0 Å². The molecule has 1 aromatic rings. The molecule has 6 nitrogen and oxygen atoms in total. The van der Waals surface area contributed by atoms with Crippen LogP contribution >= 0.6 is 15.9 Å². The minimum atomic E-state index is -0.513. The lowest BCUT2D eigenvalue weighted by molar-refractivity contribution is -0.384. The van der Waals surface area contributed by atoms with E-state index >= 15 is 0 Å². The van der Waals surface area contributed by atoms with Crippen molar-refractivity contribution in [2.24, 2.45) is 5.73 Å². The number of nitrogens with one attached hydrogen (secondary N) is 1. The predicted molar refractivity (Wildman–Crippen MR) is 83.1 cm³/mol. The Bertz CT molecular complexity index is 550. The van der Waals surface area contributed by atoms with Crippen molar-refractivity contribution in [2.45, 2.75) is 44.2 Å². The molecule has 1 amide bonds. The van der Waals surface area contributed by atoms with Crippen LogP contribution < -0.4 is 11.1 Å². The maximum Gasteiger partial charge on any atom is 0.270 e. The van der Waals surface area contributed by atoms with Gasteiger partial charge in [0, 0.05) is 28.7 Å². The lowest BCUT2D eigenvalue weighted by atomic mass is 10.0. The zero-order valence-corrected chi connectivity index (χ0v) is 13.1. The van der Waals surface area contributed by atoms with E-state index in [0.29, 0.717) is 4.47 Å². The van der Waals surface area contributed by atoms with E-state index in [4.69, 9.17) is 5.73 Å². The molecule has 3 N–H and O–H groups in total. The smallest absolute Gasteiger partial charge is 0.270 e. The maximum absolute atomic E-state index is 12.3. The van der Waals surface area contributed by atoms with Crippen molar-refractivity contribution in [3.63, 3.8) is 0 Å². The monoisotopic (exact) mass is 355 g/mol. The molecular formula is C14H18BrN3O3. The number of hydrogen-bond donors (Lipinski definition) is 2. The molecule has 0 heterocycles. The van der Waals surface area contributed by atoms with E-state index in [0.717, 1.165) is 32.1 Å². The number of benzene rings is 1. The van der Waals surface area contributed by atoms with Crippen LogP contribution in [-0.4, -0.2) is 22.9 Å². The Hall–Kier alpha value is -1.47. The lowest BCUT2D eigenvalue weighted by Crippen LogP contribution is -2.47. The van der Waals surface area contributed by atoms with Gasteiger partial charge in [-0.15, -0.1) is 0 Å². The third-order valence-corrected chi connectivity index (χ3v) is 4.48. The van der Waals surface area contributed by atoms with E-state index in [-0.39, 0.29) is 29.2 Å². The number of carbonyl (C=O) groups excluding carboxylic acids is 1.